The van der Waals surface area contributed by atoms with Crippen molar-refractivity contribution in [1.82, 2.24) is 0 Å². The third kappa shape index (κ3) is 6.26. The van der Waals surface area contributed by atoms with Gasteiger partial charge < -0.3 is 9.05 Å². The van der Waals surface area contributed by atoms with Crippen molar-refractivity contribution in [3.63, 3.8) is 0 Å². The summed E-state index contributed by atoms with van der Waals surface area (Å²) in [5, 5.41) is 0. The van der Waals surface area contributed by atoms with E-state index in [0.717, 1.165) is 0 Å². The topological polar surface area (TPSA) is 35.5 Å². The van der Waals surface area contributed by atoms with E-state index >= 15 is 0 Å². The minimum absolute atomic E-state index is 0.340. The first-order valence-corrected chi connectivity index (χ1v) is 10.4. The first-order valence-electron chi connectivity index (χ1n) is 8.71. The molecule has 0 aliphatic heterocycles. The Hall–Kier alpha value is -0.110. The minimum Gasteiger partial charge on any atom is -0.308 e. The molecule has 0 unspecified atom stereocenters. The van der Waals surface area contributed by atoms with Crippen molar-refractivity contribution in [1.29, 1.82) is 0 Å². The Morgan fingerprint density at radius 3 is 1.67 bits per heavy atom. The van der Waals surface area contributed by atoms with Crippen molar-refractivity contribution in [2.45, 2.75) is 64.2 Å². The molecule has 0 radical (unpaired) electrons. The van der Waals surface area contributed by atoms with Gasteiger partial charge >= 0.3 is 7.60 Å². The monoisotopic (exact) mass is 314 g/mol. The van der Waals surface area contributed by atoms with Gasteiger partial charge in [0.25, 0.3) is 0 Å². The fourth-order valence-corrected chi connectivity index (χ4v) is 4.92. The Morgan fingerprint density at radius 1 is 0.857 bits per heavy atom. The van der Waals surface area contributed by atoms with Crippen LogP contribution in [0.4, 0.5) is 0 Å². The molecule has 0 saturated heterocycles. The zero-order chi connectivity index (χ0) is 15.0. The van der Waals surface area contributed by atoms with Crippen LogP contribution >= 0.6 is 7.60 Å². The summed E-state index contributed by atoms with van der Waals surface area (Å²) in [6.45, 7) is 4.89. The molecule has 0 amide bonds. The fourth-order valence-electron chi connectivity index (χ4n) is 3.45. The normalized spacial score (nSPS) is 22.3. The van der Waals surface area contributed by atoms with E-state index in [-0.39, 0.29) is 0 Å². The van der Waals surface area contributed by atoms with Crippen LogP contribution in [0.15, 0.2) is 12.7 Å². The third-order valence-electron chi connectivity index (χ3n) is 4.82. The molecule has 2 fully saturated rings. The molecular formula is C17H31O3P. The van der Waals surface area contributed by atoms with E-state index in [1.54, 1.807) is 6.08 Å². The predicted molar refractivity (Wildman–Crippen MR) is 87.7 cm³/mol. The molecule has 122 valence electrons. The van der Waals surface area contributed by atoms with E-state index in [2.05, 4.69) is 6.58 Å². The highest BCUT2D eigenvalue weighted by Crippen LogP contribution is 2.50. The van der Waals surface area contributed by atoms with Crippen molar-refractivity contribution in [2.24, 2.45) is 11.8 Å². The highest BCUT2D eigenvalue weighted by Gasteiger charge is 2.27. The van der Waals surface area contributed by atoms with Crippen LogP contribution < -0.4 is 0 Å². The molecule has 0 aromatic carbocycles. The highest BCUT2D eigenvalue weighted by atomic mass is 31.2. The molecule has 0 aromatic heterocycles. The van der Waals surface area contributed by atoms with Gasteiger partial charge in [-0.15, -0.1) is 6.58 Å². The van der Waals surface area contributed by atoms with Crippen LogP contribution in [0.3, 0.4) is 0 Å². The van der Waals surface area contributed by atoms with Crippen LogP contribution in [0.25, 0.3) is 0 Å². The SMILES string of the molecule is C=CCP(=O)(OCC1CCCCC1)OCC1CCCCC1. The van der Waals surface area contributed by atoms with Gasteiger partial charge in [-0.05, 0) is 37.5 Å². The molecule has 2 saturated carbocycles. The van der Waals surface area contributed by atoms with Gasteiger partial charge in [0, 0.05) is 0 Å². The van der Waals surface area contributed by atoms with Crippen LogP contribution in [0, 0.1) is 11.8 Å². The molecule has 0 heterocycles. The largest absolute Gasteiger partial charge is 0.334 e. The maximum atomic E-state index is 12.8. The second-order valence-corrected chi connectivity index (χ2v) is 8.79. The van der Waals surface area contributed by atoms with E-state index < -0.39 is 7.60 Å². The summed E-state index contributed by atoms with van der Waals surface area (Å²) in [6, 6.07) is 0. The number of allylic oxidation sites excluding steroid dienone is 1. The maximum absolute atomic E-state index is 12.8. The van der Waals surface area contributed by atoms with Crippen molar-refractivity contribution < 1.29 is 13.6 Å². The molecular weight excluding hydrogens is 283 g/mol. The van der Waals surface area contributed by atoms with E-state index in [1.165, 1.54) is 64.2 Å². The van der Waals surface area contributed by atoms with Gasteiger partial charge in [0.1, 0.15) is 0 Å². The van der Waals surface area contributed by atoms with Gasteiger partial charge in [0.2, 0.25) is 0 Å². The average molecular weight is 314 g/mol. The van der Waals surface area contributed by atoms with Crippen LogP contribution in [-0.2, 0) is 13.6 Å². The van der Waals surface area contributed by atoms with E-state index in [4.69, 9.17) is 9.05 Å². The van der Waals surface area contributed by atoms with Crippen molar-refractivity contribution >= 4 is 7.60 Å². The van der Waals surface area contributed by atoms with Gasteiger partial charge in [-0.1, -0.05) is 44.6 Å². The van der Waals surface area contributed by atoms with E-state index in [9.17, 15) is 4.57 Å². The summed E-state index contributed by atoms with van der Waals surface area (Å²) in [4.78, 5) is 0. The van der Waals surface area contributed by atoms with Gasteiger partial charge in [0.05, 0.1) is 19.4 Å². The molecule has 0 bridgehead atoms. The molecule has 0 atom stereocenters. The van der Waals surface area contributed by atoms with Crippen molar-refractivity contribution in [3.8, 4) is 0 Å². The molecule has 0 spiro atoms. The lowest BCUT2D eigenvalue weighted by Crippen LogP contribution is -2.16. The van der Waals surface area contributed by atoms with Crippen LogP contribution in [-0.4, -0.2) is 19.4 Å². The molecule has 2 aliphatic rings. The summed E-state index contributed by atoms with van der Waals surface area (Å²) in [5.74, 6) is 1.13. The number of hydrogen-bond donors (Lipinski definition) is 0. The number of hydrogen-bond acceptors (Lipinski definition) is 3. The second-order valence-electron chi connectivity index (χ2n) is 6.68. The second kappa shape index (κ2) is 9.12. The summed E-state index contributed by atoms with van der Waals surface area (Å²) < 4.78 is 24.3. The van der Waals surface area contributed by atoms with Gasteiger partial charge in [0.15, 0.2) is 0 Å². The van der Waals surface area contributed by atoms with E-state index in [1.807, 2.05) is 0 Å². The smallest absolute Gasteiger partial charge is 0.308 e. The lowest BCUT2D eigenvalue weighted by atomic mass is 9.90. The zero-order valence-corrected chi connectivity index (χ0v) is 14.2. The van der Waals surface area contributed by atoms with Crippen molar-refractivity contribution in [3.05, 3.63) is 12.7 Å². The Bertz CT molecular complexity index is 318. The molecule has 3 nitrogen and oxygen atoms in total. The highest BCUT2D eigenvalue weighted by molar-refractivity contribution is 7.54. The molecule has 4 heteroatoms. The zero-order valence-electron chi connectivity index (χ0n) is 13.3. The Kier molecular flexibility index (Phi) is 7.49. The van der Waals surface area contributed by atoms with Crippen LogP contribution in [0.1, 0.15) is 64.2 Å². The summed E-state index contributed by atoms with van der Waals surface area (Å²) in [7, 11) is -2.97. The molecule has 2 aliphatic carbocycles. The lowest BCUT2D eigenvalue weighted by molar-refractivity contribution is 0.139. The van der Waals surface area contributed by atoms with Crippen LogP contribution in [0.2, 0.25) is 0 Å². The molecule has 2 rings (SSSR count). The quantitative estimate of drug-likeness (QED) is 0.434. The Morgan fingerprint density at radius 2 is 1.29 bits per heavy atom. The van der Waals surface area contributed by atoms with Gasteiger partial charge in [-0.2, -0.15) is 0 Å². The summed E-state index contributed by atoms with van der Waals surface area (Å²) in [6.07, 6.45) is 14.6. The lowest BCUT2D eigenvalue weighted by Gasteiger charge is -2.26. The average Bonchev–Trinajstić information content (AvgIpc) is 2.54. The molecule has 0 aromatic rings. The third-order valence-corrected chi connectivity index (χ3v) is 6.61. The predicted octanol–water partition coefficient (Wildman–Crippen LogP) is 5.56. The first-order chi connectivity index (χ1) is 10.2. The summed E-state index contributed by atoms with van der Waals surface area (Å²) in [5.41, 5.74) is 0. The Balaban J connectivity index is 1.76. The molecule has 21 heavy (non-hydrogen) atoms. The standard InChI is InChI=1S/C17H31O3P/c1-2-13-21(18,19-14-16-9-5-3-6-10-16)20-15-17-11-7-4-8-12-17/h2,16-17H,1,3-15H2. The first kappa shape index (κ1) is 17.2. The molecule has 0 N–H and O–H groups in total. The summed E-state index contributed by atoms with van der Waals surface area (Å²) >= 11 is 0. The van der Waals surface area contributed by atoms with Gasteiger partial charge in [-0.3, -0.25) is 4.57 Å². The minimum atomic E-state index is -2.97. The maximum Gasteiger partial charge on any atom is 0.334 e. The number of rotatable bonds is 8. The van der Waals surface area contributed by atoms with Crippen LogP contribution in [0.5, 0.6) is 0 Å². The van der Waals surface area contributed by atoms with E-state index in [0.29, 0.717) is 31.2 Å². The fraction of sp³-hybridized carbons (Fsp3) is 0.882. The van der Waals surface area contributed by atoms with Crippen molar-refractivity contribution in [2.75, 3.05) is 19.4 Å². The van der Waals surface area contributed by atoms with Gasteiger partial charge in [-0.25, -0.2) is 0 Å². The Labute approximate surface area is 130 Å².